The van der Waals surface area contributed by atoms with E-state index in [1.165, 1.54) is 5.56 Å². The van der Waals surface area contributed by atoms with E-state index < -0.39 is 0 Å². The topological polar surface area (TPSA) is 79.1 Å². The summed E-state index contributed by atoms with van der Waals surface area (Å²) in [5, 5.41) is 3.10. The number of para-hydroxylation sites is 2. The lowest BCUT2D eigenvalue weighted by Gasteiger charge is -2.06. The summed E-state index contributed by atoms with van der Waals surface area (Å²) in [5.41, 5.74) is 10.2. The maximum Gasteiger partial charge on any atom is 0.193 e. The second-order valence-corrected chi connectivity index (χ2v) is 5.39. The van der Waals surface area contributed by atoms with Gasteiger partial charge in [0.05, 0.1) is 11.0 Å². The molecule has 0 aliphatic rings. The molecule has 3 aromatic rings. The highest BCUT2D eigenvalue weighted by atomic mass is 127. The number of halogens is 1. The lowest BCUT2D eigenvalue weighted by Crippen LogP contribution is -2.23. The largest absolute Gasteiger partial charge is 0.370 e. The van der Waals surface area contributed by atoms with Crippen LogP contribution in [0.4, 0.5) is 5.69 Å². The summed E-state index contributed by atoms with van der Waals surface area (Å²) in [6.07, 6.45) is 1.76. The van der Waals surface area contributed by atoms with Gasteiger partial charge in [0.2, 0.25) is 0 Å². The highest BCUT2D eigenvalue weighted by Crippen LogP contribution is 2.11. The number of aliphatic imine (C=N–C) groups is 1. The highest BCUT2D eigenvalue weighted by molar-refractivity contribution is 14.0. The lowest BCUT2D eigenvalue weighted by atomic mass is 10.1. The van der Waals surface area contributed by atoms with Gasteiger partial charge in [0.1, 0.15) is 5.82 Å². The van der Waals surface area contributed by atoms with Gasteiger partial charge in [-0.1, -0.05) is 31.2 Å². The van der Waals surface area contributed by atoms with Crippen molar-refractivity contribution in [3.05, 3.63) is 59.9 Å². The Labute approximate surface area is 158 Å². The van der Waals surface area contributed by atoms with Crippen molar-refractivity contribution in [1.82, 2.24) is 9.97 Å². The van der Waals surface area contributed by atoms with Crippen LogP contribution in [0, 0.1) is 0 Å². The van der Waals surface area contributed by atoms with Gasteiger partial charge in [-0.15, -0.1) is 24.0 Å². The maximum atomic E-state index is 5.92. The van der Waals surface area contributed by atoms with Crippen molar-refractivity contribution in [2.45, 2.75) is 19.8 Å². The van der Waals surface area contributed by atoms with Crippen molar-refractivity contribution < 1.29 is 0 Å². The molecule has 126 valence electrons. The number of imidazole rings is 1. The van der Waals surface area contributed by atoms with Crippen LogP contribution in [0.15, 0.2) is 53.5 Å². The van der Waals surface area contributed by atoms with E-state index in [4.69, 9.17) is 5.73 Å². The van der Waals surface area contributed by atoms with E-state index >= 15 is 0 Å². The second kappa shape index (κ2) is 8.68. The summed E-state index contributed by atoms with van der Waals surface area (Å²) in [4.78, 5) is 12.2. The molecule has 0 bridgehead atoms. The average molecular weight is 435 g/mol. The van der Waals surface area contributed by atoms with Gasteiger partial charge in [0.15, 0.2) is 5.96 Å². The fourth-order valence-electron chi connectivity index (χ4n) is 2.42. The van der Waals surface area contributed by atoms with Gasteiger partial charge < -0.3 is 16.0 Å². The molecule has 0 aliphatic carbocycles. The zero-order valence-electron chi connectivity index (χ0n) is 13.6. The molecular weight excluding hydrogens is 413 g/mol. The van der Waals surface area contributed by atoms with E-state index in [0.717, 1.165) is 35.4 Å². The predicted octanol–water partition coefficient (Wildman–Crippen LogP) is 3.71. The fourth-order valence-corrected chi connectivity index (χ4v) is 2.42. The molecule has 0 radical (unpaired) electrons. The standard InChI is InChI=1S/C18H21N5.HI/c1-2-13-7-9-14(10-8-13)21-18(19)20-12-11-17-22-15-5-3-4-6-16(15)23-17;/h3-10H,2,11-12H2,1H3,(H,22,23)(H3,19,20,21);1H. The SMILES string of the molecule is CCc1ccc(NC(N)=NCCc2nc3ccccc3[nH]2)cc1.I. The number of aromatic amines is 1. The Morgan fingerprint density at radius 2 is 1.92 bits per heavy atom. The number of hydrogen-bond donors (Lipinski definition) is 3. The van der Waals surface area contributed by atoms with Gasteiger partial charge in [0, 0.05) is 18.7 Å². The van der Waals surface area contributed by atoms with Crippen LogP contribution in [0.1, 0.15) is 18.3 Å². The van der Waals surface area contributed by atoms with E-state index in [9.17, 15) is 0 Å². The zero-order chi connectivity index (χ0) is 16.1. The lowest BCUT2D eigenvalue weighted by molar-refractivity contribution is 0.898. The third-order valence-corrected chi connectivity index (χ3v) is 3.70. The first kappa shape index (κ1) is 18.3. The summed E-state index contributed by atoms with van der Waals surface area (Å²) in [5.74, 6) is 1.35. The van der Waals surface area contributed by atoms with Gasteiger partial charge in [-0.25, -0.2) is 4.98 Å². The molecular formula is C18H22IN5. The van der Waals surface area contributed by atoms with E-state index in [-0.39, 0.29) is 24.0 Å². The Kier molecular flexibility index (Phi) is 6.60. The number of anilines is 1. The Morgan fingerprint density at radius 3 is 2.62 bits per heavy atom. The number of aryl methyl sites for hydroxylation is 1. The smallest absolute Gasteiger partial charge is 0.193 e. The van der Waals surface area contributed by atoms with Crippen molar-refractivity contribution in [3.8, 4) is 0 Å². The first-order chi connectivity index (χ1) is 11.2. The van der Waals surface area contributed by atoms with Crippen LogP contribution in [0.25, 0.3) is 11.0 Å². The number of rotatable bonds is 5. The van der Waals surface area contributed by atoms with E-state index in [0.29, 0.717) is 12.5 Å². The van der Waals surface area contributed by atoms with Crippen LogP contribution in [0.3, 0.4) is 0 Å². The number of hydrogen-bond acceptors (Lipinski definition) is 2. The van der Waals surface area contributed by atoms with Crippen LogP contribution in [-0.4, -0.2) is 22.5 Å². The molecule has 0 amide bonds. The summed E-state index contributed by atoms with van der Waals surface area (Å²) in [7, 11) is 0. The van der Waals surface area contributed by atoms with Crippen molar-refractivity contribution in [2.75, 3.05) is 11.9 Å². The van der Waals surface area contributed by atoms with Crippen LogP contribution < -0.4 is 11.1 Å². The first-order valence-corrected chi connectivity index (χ1v) is 7.84. The number of nitrogens with one attached hydrogen (secondary N) is 2. The fraction of sp³-hybridized carbons (Fsp3) is 0.222. The van der Waals surface area contributed by atoms with Crippen molar-refractivity contribution in [2.24, 2.45) is 10.7 Å². The van der Waals surface area contributed by atoms with E-state index in [1.807, 2.05) is 36.4 Å². The van der Waals surface area contributed by atoms with E-state index in [1.54, 1.807) is 0 Å². The molecule has 0 fully saturated rings. The maximum absolute atomic E-state index is 5.92. The molecule has 0 aliphatic heterocycles. The molecule has 24 heavy (non-hydrogen) atoms. The second-order valence-electron chi connectivity index (χ2n) is 5.39. The molecule has 2 aromatic carbocycles. The quantitative estimate of drug-likeness (QED) is 0.325. The molecule has 0 spiro atoms. The Balaban J connectivity index is 0.00000208. The number of H-pyrrole nitrogens is 1. The van der Waals surface area contributed by atoms with Crippen molar-refractivity contribution >= 4 is 46.7 Å². The number of nitrogens with two attached hydrogens (primary N) is 1. The number of fused-ring (bicyclic) bond motifs is 1. The number of aromatic nitrogens is 2. The van der Waals surface area contributed by atoms with Gasteiger partial charge in [-0.2, -0.15) is 0 Å². The third-order valence-electron chi connectivity index (χ3n) is 3.70. The minimum Gasteiger partial charge on any atom is -0.370 e. The monoisotopic (exact) mass is 435 g/mol. The third kappa shape index (κ3) is 4.70. The van der Waals surface area contributed by atoms with Crippen LogP contribution in [-0.2, 0) is 12.8 Å². The average Bonchev–Trinajstić information content (AvgIpc) is 2.98. The molecule has 6 heteroatoms. The van der Waals surface area contributed by atoms with Crippen molar-refractivity contribution in [1.29, 1.82) is 0 Å². The zero-order valence-corrected chi connectivity index (χ0v) is 16.0. The molecule has 5 nitrogen and oxygen atoms in total. The molecule has 0 atom stereocenters. The summed E-state index contributed by atoms with van der Waals surface area (Å²) in [6.45, 7) is 2.72. The van der Waals surface area contributed by atoms with Crippen LogP contribution in [0.2, 0.25) is 0 Å². The number of benzene rings is 2. The molecule has 1 aromatic heterocycles. The van der Waals surface area contributed by atoms with Gasteiger partial charge in [0.25, 0.3) is 0 Å². The van der Waals surface area contributed by atoms with Crippen molar-refractivity contribution in [3.63, 3.8) is 0 Å². The number of nitrogens with zero attached hydrogens (tertiary/aromatic N) is 2. The Morgan fingerprint density at radius 1 is 1.17 bits per heavy atom. The van der Waals surface area contributed by atoms with Gasteiger partial charge in [-0.05, 0) is 36.2 Å². The van der Waals surface area contributed by atoms with Gasteiger partial charge in [-0.3, -0.25) is 4.99 Å². The number of guanidine groups is 1. The minimum absolute atomic E-state index is 0. The molecule has 0 saturated heterocycles. The molecule has 3 rings (SSSR count). The van der Waals surface area contributed by atoms with Crippen LogP contribution >= 0.6 is 24.0 Å². The molecule has 4 N–H and O–H groups in total. The minimum atomic E-state index is 0. The predicted molar refractivity (Wildman–Crippen MR) is 111 cm³/mol. The van der Waals surface area contributed by atoms with Gasteiger partial charge >= 0.3 is 0 Å². The van der Waals surface area contributed by atoms with E-state index in [2.05, 4.69) is 39.3 Å². The normalized spacial score (nSPS) is 11.3. The summed E-state index contributed by atoms with van der Waals surface area (Å²) < 4.78 is 0. The molecule has 1 heterocycles. The van der Waals surface area contributed by atoms with Crippen LogP contribution in [0.5, 0.6) is 0 Å². The Bertz CT molecular complexity index is 775. The Hall–Kier alpha value is -2.09. The first-order valence-electron chi connectivity index (χ1n) is 7.84. The molecule has 0 unspecified atom stereocenters. The molecule has 0 saturated carbocycles. The summed E-state index contributed by atoms with van der Waals surface area (Å²) >= 11 is 0. The highest BCUT2D eigenvalue weighted by Gasteiger charge is 2.01. The summed E-state index contributed by atoms with van der Waals surface area (Å²) in [6, 6.07) is 16.2.